The summed E-state index contributed by atoms with van der Waals surface area (Å²) in [5.41, 5.74) is 4.34. The van der Waals surface area contributed by atoms with E-state index in [1.807, 2.05) is 18.2 Å². The number of imidazole rings is 1. The number of benzene rings is 1. The first-order valence-electron chi connectivity index (χ1n) is 9.37. The van der Waals surface area contributed by atoms with Crippen molar-refractivity contribution in [2.75, 3.05) is 31.5 Å². The van der Waals surface area contributed by atoms with Crippen LogP contribution in [0.15, 0.2) is 36.7 Å². The summed E-state index contributed by atoms with van der Waals surface area (Å²) >= 11 is 0. The number of rotatable bonds is 7. The van der Waals surface area contributed by atoms with E-state index in [1.54, 1.807) is 19.2 Å². The second-order valence-corrected chi connectivity index (χ2v) is 7.07. The van der Waals surface area contributed by atoms with Crippen molar-refractivity contribution in [1.29, 1.82) is 0 Å². The first kappa shape index (κ1) is 20.3. The van der Waals surface area contributed by atoms with Crippen molar-refractivity contribution in [2.45, 2.75) is 31.0 Å². The number of hydrogen-bond donors (Lipinski definition) is 3. The normalized spacial score (nSPS) is 26.2. The van der Waals surface area contributed by atoms with Gasteiger partial charge in [0.2, 0.25) is 5.95 Å². The zero-order chi connectivity index (χ0) is 21.3. The maximum absolute atomic E-state index is 15.5. The number of ether oxygens (including phenoxy) is 3. The molecule has 2 aromatic heterocycles. The number of nitrogens with one attached hydrogen (secondary N) is 1. The standard InChI is InChI=1S/C19H23FN6O4/c1-19(20)14(27)12(8-28-10-29-11-6-4-3-5-7-11)30-17(19)26-9-23-13-15(22-2)24-18(21)25-16(13)26/h3-7,9,12,14,17,27H,8,10H2,1-2H3,(H3,21,22,24,25)/t12?,14-,17-,19-/m1/s1. The van der Waals surface area contributed by atoms with Crippen molar-refractivity contribution in [3.63, 3.8) is 0 Å². The highest BCUT2D eigenvalue weighted by Crippen LogP contribution is 2.42. The van der Waals surface area contributed by atoms with Crippen molar-refractivity contribution in [3.8, 4) is 5.75 Å². The number of para-hydroxylation sites is 1. The lowest BCUT2D eigenvalue weighted by Crippen LogP contribution is -2.40. The molecule has 1 fully saturated rings. The summed E-state index contributed by atoms with van der Waals surface area (Å²) in [6.07, 6.45) is -2.14. The smallest absolute Gasteiger partial charge is 0.224 e. The molecule has 1 aromatic carbocycles. The van der Waals surface area contributed by atoms with Crippen molar-refractivity contribution >= 4 is 22.9 Å². The molecule has 0 radical (unpaired) electrons. The van der Waals surface area contributed by atoms with Crippen LogP contribution in [0.2, 0.25) is 0 Å². The third kappa shape index (κ3) is 3.62. The lowest BCUT2D eigenvalue weighted by molar-refractivity contribution is -0.0877. The van der Waals surface area contributed by atoms with Crippen LogP contribution in [0.5, 0.6) is 5.75 Å². The third-order valence-corrected chi connectivity index (χ3v) is 4.98. The Morgan fingerprint density at radius 1 is 1.33 bits per heavy atom. The molecule has 160 valence electrons. The lowest BCUT2D eigenvalue weighted by Gasteiger charge is -2.24. The molecule has 3 heterocycles. The van der Waals surface area contributed by atoms with E-state index in [0.717, 1.165) is 0 Å². The number of aliphatic hydroxyl groups excluding tert-OH is 1. The van der Waals surface area contributed by atoms with Gasteiger partial charge in [-0.05, 0) is 19.1 Å². The van der Waals surface area contributed by atoms with E-state index >= 15 is 4.39 Å². The van der Waals surface area contributed by atoms with Gasteiger partial charge in [-0.25, -0.2) is 9.37 Å². The highest BCUT2D eigenvalue weighted by molar-refractivity contribution is 5.84. The molecule has 1 aliphatic heterocycles. The van der Waals surface area contributed by atoms with Gasteiger partial charge in [-0.1, -0.05) is 18.2 Å². The Bertz CT molecular complexity index is 1010. The number of aliphatic hydroxyl groups is 1. The predicted octanol–water partition coefficient (Wildman–Crippen LogP) is 1.49. The summed E-state index contributed by atoms with van der Waals surface area (Å²) in [7, 11) is 1.67. The highest BCUT2D eigenvalue weighted by atomic mass is 19.1. The van der Waals surface area contributed by atoms with Crippen LogP contribution >= 0.6 is 0 Å². The maximum Gasteiger partial charge on any atom is 0.224 e. The molecule has 1 saturated heterocycles. The van der Waals surface area contributed by atoms with Gasteiger partial charge in [0, 0.05) is 7.05 Å². The molecule has 3 aromatic rings. The molecule has 10 nitrogen and oxygen atoms in total. The molecule has 4 rings (SSSR count). The van der Waals surface area contributed by atoms with Crippen LogP contribution in [0.3, 0.4) is 0 Å². The van der Waals surface area contributed by atoms with E-state index in [9.17, 15) is 5.11 Å². The van der Waals surface area contributed by atoms with Gasteiger partial charge < -0.3 is 30.4 Å². The predicted molar refractivity (Wildman–Crippen MR) is 107 cm³/mol. The molecule has 0 saturated carbocycles. The summed E-state index contributed by atoms with van der Waals surface area (Å²) in [5.74, 6) is 1.06. The average Bonchev–Trinajstić information content (AvgIpc) is 3.24. The average molecular weight is 418 g/mol. The van der Waals surface area contributed by atoms with Gasteiger partial charge in [0.25, 0.3) is 0 Å². The van der Waals surface area contributed by atoms with Crippen LogP contribution in [0.25, 0.3) is 11.2 Å². The van der Waals surface area contributed by atoms with Crippen molar-refractivity contribution in [3.05, 3.63) is 36.7 Å². The van der Waals surface area contributed by atoms with E-state index in [1.165, 1.54) is 17.8 Å². The molecule has 4 N–H and O–H groups in total. The maximum atomic E-state index is 15.5. The molecule has 30 heavy (non-hydrogen) atoms. The van der Waals surface area contributed by atoms with E-state index < -0.39 is 24.1 Å². The number of hydrogen-bond acceptors (Lipinski definition) is 9. The zero-order valence-electron chi connectivity index (χ0n) is 16.5. The van der Waals surface area contributed by atoms with Crippen molar-refractivity contribution < 1.29 is 23.7 Å². The second kappa shape index (κ2) is 8.01. The molecule has 0 aliphatic carbocycles. The Hall–Kier alpha value is -3.02. The molecule has 11 heteroatoms. The Morgan fingerprint density at radius 2 is 2.10 bits per heavy atom. The van der Waals surface area contributed by atoms with Gasteiger partial charge in [-0.2, -0.15) is 9.97 Å². The number of alkyl halides is 1. The fourth-order valence-corrected chi connectivity index (χ4v) is 3.42. The van der Waals surface area contributed by atoms with Gasteiger partial charge in [0.15, 0.2) is 35.7 Å². The van der Waals surface area contributed by atoms with Gasteiger partial charge in [-0.3, -0.25) is 4.57 Å². The molecular weight excluding hydrogens is 395 g/mol. The number of fused-ring (bicyclic) bond motifs is 1. The second-order valence-electron chi connectivity index (χ2n) is 7.07. The van der Waals surface area contributed by atoms with Crippen molar-refractivity contribution in [1.82, 2.24) is 19.5 Å². The number of nitrogens with zero attached hydrogens (tertiary/aromatic N) is 4. The van der Waals surface area contributed by atoms with Crippen LogP contribution in [-0.2, 0) is 9.47 Å². The van der Waals surface area contributed by atoms with Gasteiger partial charge in [0.05, 0.1) is 12.9 Å². The first-order chi connectivity index (χ1) is 14.4. The minimum atomic E-state index is -2.12. The SMILES string of the molecule is CNc1nc(N)nc2c1ncn2[C@@H]1OC(COCOc2ccccc2)[C@@H](O)[C@@]1(C)F. The molecule has 1 aliphatic rings. The number of nitrogen functional groups attached to an aromatic ring is 1. The minimum absolute atomic E-state index is 0.00523. The molecule has 4 atom stereocenters. The number of nitrogens with two attached hydrogens (primary N) is 1. The molecule has 0 spiro atoms. The quantitative estimate of drug-likeness (QED) is 0.386. The van der Waals surface area contributed by atoms with Crippen LogP contribution < -0.4 is 15.8 Å². The topological polar surface area (TPSA) is 130 Å². The molecule has 0 amide bonds. The van der Waals surface area contributed by atoms with Crippen LogP contribution in [0, 0.1) is 0 Å². The molecule has 1 unspecified atom stereocenters. The van der Waals surface area contributed by atoms with E-state index in [4.69, 9.17) is 19.9 Å². The fourth-order valence-electron chi connectivity index (χ4n) is 3.42. The third-order valence-electron chi connectivity index (χ3n) is 4.98. The van der Waals surface area contributed by atoms with Gasteiger partial charge in [-0.15, -0.1) is 0 Å². The van der Waals surface area contributed by atoms with E-state index in [-0.39, 0.29) is 19.3 Å². The summed E-state index contributed by atoms with van der Waals surface area (Å²) in [6, 6.07) is 9.12. The van der Waals surface area contributed by atoms with Crippen molar-refractivity contribution in [2.24, 2.45) is 0 Å². The monoisotopic (exact) mass is 418 g/mol. The van der Waals surface area contributed by atoms with Crippen LogP contribution in [-0.4, -0.2) is 62.9 Å². The van der Waals surface area contributed by atoms with Gasteiger partial charge in [0.1, 0.15) is 18.0 Å². The lowest BCUT2D eigenvalue weighted by atomic mass is 9.98. The van der Waals surface area contributed by atoms with Crippen LogP contribution in [0.1, 0.15) is 13.2 Å². The molecular formula is C19H23FN6O4. The Morgan fingerprint density at radius 3 is 2.83 bits per heavy atom. The number of anilines is 2. The Labute approximate surface area is 171 Å². The Kier molecular flexibility index (Phi) is 5.41. The summed E-state index contributed by atoms with van der Waals surface area (Å²) in [6.45, 7) is 1.14. The minimum Gasteiger partial charge on any atom is -0.468 e. The number of halogens is 1. The fraction of sp³-hybridized carbons (Fsp3) is 0.421. The summed E-state index contributed by atoms with van der Waals surface area (Å²) in [4.78, 5) is 12.5. The number of aromatic nitrogens is 4. The Balaban J connectivity index is 1.48. The highest BCUT2D eigenvalue weighted by Gasteiger charge is 2.55. The zero-order valence-corrected chi connectivity index (χ0v) is 16.5. The summed E-state index contributed by atoms with van der Waals surface area (Å²) < 4.78 is 33.6. The van der Waals surface area contributed by atoms with E-state index in [2.05, 4.69) is 20.3 Å². The molecule has 0 bridgehead atoms. The first-order valence-corrected chi connectivity index (χ1v) is 9.37. The largest absolute Gasteiger partial charge is 0.468 e. The summed E-state index contributed by atoms with van der Waals surface area (Å²) in [5, 5.41) is 13.4. The van der Waals surface area contributed by atoms with E-state index in [0.29, 0.717) is 22.7 Å². The van der Waals surface area contributed by atoms with Crippen LogP contribution in [0.4, 0.5) is 16.2 Å². The van der Waals surface area contributed by atoms with Gasteiger partial charge >= 0.3 is 0 Å².